The number of aromatic nitrogens is 2. The summed E-state index contributed by atoms with van der Waals surface area (Å²) in [6, 6.07) is 0. The van der Waals surface area contributed by atoms with Gasteiger partial charge in [0.1, 0.15) is 18.0 Å². The zero-order valence-corrected chi connectivity index (χ0v) is 13.8. The average molecular weight is 330 g/mol. The molecule has 6 heteroatoms. The minimum absolute atomic E-state index is 0.0897. The Morgan fingerprint density at radius 3 is 2.54 bits per heavy atom. The van der Waals surface area contributed by atoms with Crippen molar-refractivity contribution in [1.29, 1.82) is 0 Å². The number of rotatable bonds is 3. The fourth-order valence-electron chi connectivity index (χ4n) is 5.05. The Balaban J connectivity index is 1.49. The molecule has 4 bridgehead atoms. The van der Waals surface area contributed by atoms with Gasteiger partial charge in [0.05, 0.1) is 0 Å². The van der Waals surface area contributed by atoms with Crippen molar-refractivity contribution in [2.45, 2.75) is 50.7 Å². The second kappa shape index (κ2) is 5.46. The van der Waals surface area contributed by atoms with Crippen LogP contribution >= 0.6 is 0 Å². The van der Waals surface area contributed by atoms with Gasteiger partial charge in [-0.15, -0.1) is 0 Å². The van der Waals surface area contributed by atoms with Gasteiger partial charge in [0.25, 0.3) is 0 Å². The van der Waals surface area contributed by atoms with Crippen LogP contribution in [0.2, 0.25) is 0 Å². The van der Waals surface area contributed by atoms with E-state index in [1.54, 1.807) is 19.3 Å². The summed E-state index contributed by atoms with van der Waals surface area (Å²) in [5.74, 6) is 0.788. The van der Waals surface area contributed by atoms with Crippen molar-refractivity contribution in [3.8, 4) is 0 Å². The Hall–Kier alpha value is -2.11. The molecular formula is C18H22N2O4. The van der Waals surface area contributed by atoms with Crippen LogP contribution in [0.25, 0.3) is 0 Å². The van der Waals surface area contributed by atoms with Crippen molar-refractivity contribution in [2.24, 2.45) is 17.8 Å². The van der Waals surface area contributed by atoms with E-state index < -0.39 is 0 Å². The highest BCUT2D eigenvalue weighted by Gasteiger charge is 2.58. The molecule has 4 aliphatic rings. The number of esters is 1. The van der Waals surface area contributed by atoms with Crippen molar-refractivity contribution >= 4 is 12.1 Å². The molecule has 1 heterocycles. The fourth-order valence-corrected chi connectivity index (χ4v) is 5.05. The van der Waals surface area contributed by atoms with Crippen molar-refractivity contribution in [1.82, 2.24) is 9.55 Å². The normalized spacial score (nSPS) is 36.4. The lowest BCUT2D eigenvalue weighted by atomic mass is 9.53. The summed E-state index contributed by atoms with van der Waals surface area (Å²) >= 11 is 0. The van der Waals surface area contributed by atoms with Crippen LogP contribution in [-0.4, -0.2) is 33.3 Å². The standard InChI is InChI=1S/C18H22N2O4/c1-11(2)16(21)24-18-7-12-5-13(8-18)15(14(6-12)9-18)23-17(22)20-4-3-19-10-20/h3-4,10,12-15H,1,5-9H2,2H3. The van der Waals surface area contributed by atoms with Gasteiger partial charge in [-0.25, -0.2) is 19.1 Å². The minimum Gasteiger partial charge on any atom is -0.456 e. The first-order valence-corrected chi connectivity index (χ1v) is 8.53. The van der Waals surface area contributed by atoms with Crippen molar-refractivity contribution in [3.63, 3.8) is 0 Å². The number of carbonyl (C=O) groups excluding carboxylic acids is 2. The maximum absolute atomic E-state index is 12.2. The Kier molecular flexibility index (Phi) is 3.51. The number of nitrogens with zero attached hydrogens (tertiary/aromatic N) is 2. The number of carbonyl (C=O) groups is 2. The topological polar surface area (TPSA) is 70.4 Å². The molecule has 5 rings (SSSR count). The molecule has 0 saturated heterocycles. The largest absolute Gasteiger partial charge is 0.456 e. The van der Waals surface area contributed by atoms with Gasteiger partial charge in [-0.05, 0) is 44.9 Å². The predicted molar refractivity (Wildman–Crippen MR) is 85.1 cm³/mol. The van der Waals surface area contributed by atoms with Crippen LogP contribution in [0.1, 0.15) is 39.0 Å². The van der Waals surface area contributed by atoms with Gasteiger partial charge in [-0.3, -0.25) is 0 Å². The van der Waals surface area contributed by atoms with E-state index in [0.717, 1.165) is 32.1 Å². The molecule has 0 aliphatic heterocycles. The van der Waals surface area contributed by atoms with E-state index in [0.29, 0.717) is 11.5 Å². The third-order valence-corrected chi connectivity index (χ3v) is 5.74. The summed E-state index contributed by atoms with van der Waals surface area (Å²) in [4.78, 5) is 28.2. The smallest absolute Gasteiger partial charge is 0.419 e. The number of hydrogen-bond acceptors (Lipinski definition) is 5. The SMILES string of the molecule is C=C(C)C(=O)OC12CC3CC(C1)C(OC(=O)n1ccnc1)C(C3)C2. The van der Waals surface area contributed by atoms with Gasteiger partial charge < -0.3 is 9.47 Å². The summed E-state index contributed by atoms with van der Waals surface area (Å²) in [5.41, 5.74) is 0.0543. The first-order chi connectivity index (χ1) is 11.5. The number of hydrogen-bond donors (Lipinski definition) is 0. The van der Waals surface area contributed by atoms with E-state index in [4.69, 9.17) is 9.47 Å². The van der Waals surface area contributed by atoms with E-state index in [9.17, 15) is 9.59 Å². The van der Waals surface area contributed by atoms with Crippen molar-refractivity contribution in [3.05, 3.63) is 30.9 Å². The van der Waals surface area contributed by atoms with Gasteiger partial charge in [0.15, 0.2) is 0 Å². The Labute approximate surface area is 140 Å². The lowest BCUT2D eigenvalue weighted by molar-refractivity contribution is -0.202. The number of ether oxygens (including phenoxy) is 2. The summed E-state index contributed by atoms with van der Waals surface area (Å²) in [6.07, 6.45) is 8.72. The molecule has 2 unspecified atom stereocenters. The molecule has 0 radical (unpaired) electrons. The second-order valence-electron chi connectivity index (χ2n) is 7.64. The molecule has 4 fully saturated rings. The first-order valence-electron chi connectivity index (χ1n) is 8.53. The fraction of sp³-hybridized carbons (Fsp3) is 0.611. The van der Waals surface area contributed by atoms with E-state index in [2.05, 4.69) is 11.6 Å². The maximum Gasteiger partial charge on any atom is 0.419 e. The highest BCUT2D eigenvalue weighted by atomic mass is 16.6. The van der Waals surface area contributed by atoms with E-state index in [1.165, 1.54) is 10.9 Å². The van der Waals surface area contributed by atoms with E-state index >= 15 is 0 Å². The molecule has 128 valence electrons. The monoisotopic (exact) mass is 330 g/mol. The van der Waals surface area contributed by atoms with Crippen LogP contribution in [0, 0.1) is 17.8 Å². The Bertz CT molecular complexity index is 665. The highest BCUT2D eigenvalue weighted by Crippen LogP contribution is 2.58. The molecule has 2 atom stereocenters. The van der Waals surface area contributed by atoms with Gasteiger partial charge >= 0.3 is 12.1 Å². The first kappa shape index (κ1) is 15.4. The van der Waals surface area contributed by atoms with Crippen LogP contribution in [0.3, 0.4) is 0 Å². The molecule has 4 saturated carbocycles. The van der Waals surface area contributed by atoms with Crippen LogP contribution in [0.4, 0.5) is 4.79 Å². The minimum atomic E-state index is -0.384. The summed E-state index contributed by atoms with van der Waals surface area (Å²) in [7, 11) is 0. The molecule has 0 aromatic carbocycles. The average Bonchev–Trinajstić information content (AvgIpc) is 3.04. The van der Waals surface area contributed by atoms with Crippen LogP contribution in [0.15, 0.2) is 30.9 Å². The molecule has 0 amide bonds. The predicted octanol–water partition coefficient (Wildman–Crippen LogP) is 2.93. The molecule has 6 nitrogen and oxygen atoms in total. The van der Waals surface area contributed by atoms with Gasteiger partial charge in [0, 0.05) is 29.8 Å². The lowest BCUT2D eigenvalue weighted by Gasteiger charge is -2.58. The summed E-state index contributed by atoms with van der Waals surface area (Å²) in [6.45, 7) is 5.36. The van der Waals surface area contributed by atoms with Gasteiger partial charge in [0.2, 0.25) is 0 Å². The van der Waals surface area contributed by atoms with Crippen molar-refractivity contribution < 1.29 is 19.1 Å². The third kappa shape index (κ3) is 2.54. The van der Waals surface area contributed by atoms with Crippen molar-refractivity contribution in [2.75, 3.05) is 0 Å². The molecule has 4 aliphatic carbocycles. The molecule has 0 N–H and O–H groups in total. The molecule has 0 spiro atoms. The van der Waals surface area contributed by atoms with Crippen LogP contribution in [0.5, 0.6) is 0 Å². The molecular weight excluding hydrogens is 308 g/mol. The van der Waals surface area contributed by atoms with Crippen LogP contribution in [-0.2, 0) is 14.3 Å². The maximum atomic E-state index is 12.2. The quantitative estimate of drug-likeness (QED) is 0.629. The third-order valence-electron chi connectivity index (χ3n) is 5.74. The summed E-state index contributed by atoms with van der Waals surface area (Å²) < 4.78 is 13.0. The second-order valence-corrected chi connectivity index (χ2v) is 7.64. The zero-order valence-electron chi connectivity index (χ0n) is 13.8. The lowest BCUT2D eigenvalue weighted by Crippen LogP contribution is -2.59. The van der Waals surface area contributed by atoms with E-state index in [1.807, 2.05) is 0 Å². The Morgan fingerprint density at radius 1 is 1.25 bits per heavy atom. The van der Waals surface area contributed by atoms with Crippen LogP contribution < -0.4 is 0 Å². The number of imidazole rings is 1. The Morgan fingerprint density at radius 2 is 1.96 bits per heavy atom. The highest BCUT2D eigenvalue weighted by molar-refractivity contribution is 5.87. The van der Waals surface area contributed by atoms with E-state index in [-0.39, 0.29) is 35.6 Å². The van der Waals surface area contributed by atoms with Gasteiger partial charge in [-0.2, -0.15) is 0 Å². The summed E-state index contributed by atoms with van der Waals surface area (Å²) in [5, 5.41) is 0. The van der Waals surface area contributed by atoms with Gasteiger partial charge in [-0.1, -0.05) is 6.58 Å². The molecule has 24 heavy (non-hydrogen) atoms. The zero-order chi connectivity index (χ0) is 16.9. The molecule has 1 aromatic rings. The molecule has 1 aromatic heterocycles.